The van der Waals surface area contributed by atoms with Gasteiger partial charge in [0.2, 0.25) is 0 Å². The van der Waals surface area contributed by atoms with Crippen molar-refractivity contribution in [2.24, 2.45) is 0 Å². The Hall–Kier alpha value is -3.85. The van der Waals surface area contributed by atoms with Crippen LogP contribution in [0.2, 0.25) is 0 Å². The molecule has 0 spiro atoms. The second-order valence-electron chi connectivity index (χ2n) is 11.8. The van der Waals surface area contributed by atoms with Crippen molar-refractivity contribution >= 4 is 9.84 Å². The summed E-state index contributed by atoms with van der Waals surface area (Å²) < 4.78 is 127. The lowest BCUT2D eigenvalue weighted by Gasteiger charge is -2.25. The van der Waals surface area contributed by atoms with Gasteiger partial charge in [0.05, 0.1) is 44.5 Å². The number of hydrogen-bond donors (Lipinski definition) is 0. The van der Waals surface area contributed by atoms with Crippen molar-refractivity contribution in [2.75, 3.05) is 38.9 Å². The molecule has 2 heterocycles. The van der Waals surface area contributed by atoms with E-state index in [1.165, 1.54) is 31.4 Å². The van der Waals surface area contributed by atoms with Crippen molar-refractivity contribution in [3.05, 3.63) is 76.9 Å². The summed E-state index contributed by atoms with van der Waals surface area (Å²) >= 11 is 0. The van der Waals surface area contributed by atoms with Crippen LogP contribution in [0, 0.1) is 20.8 Å². The summed E-state index contributed by atoms with van der Waals surface area (Å²) in [6.07, 6.45) is -6.93. The quantitative estimate of drug-likeness (QED) is 0.220. The highest BCUT2D eigenvalue weighted by molar-refractivity contribution is 7.91. The highest BCUT2D eigenvalue weighted by Crippen LogP contribution is 2.38. The Balaban J connectivity index is 0.000000266. The number of aryl methyl sites for hydroxylation is 3. The van der Waals surface area contributed by atoms with Crippen LogP contribution in [-0.2, 0) is 20.8 Å². The summed E-state index contributed by atoms with van der Waals surface area (Å²) in [7, 11) is 0.0522. The van der Waals surface area contributed by atoms with E-state index in [2.05, 4.69) is 4.74 Å². The molecule has 3 aromatic carbocycles. The maximum Gasteiger partial charge on any atom is 0.573 e. The fourth-order valence-corrected chi connectivity index (χ4v) is 6.41. The molecule has 2 aliphatic rings. The Labute approximate surface area is 302 Å². The van der Waals surface area contributed by atoms with Gasteiger partial charge in [-0.1, -0.05) is 37.6 Å². The van der Waals surface area contributed by atoms with Crippen molar-refractivity contribution in [1.82, 2.24) is 0 Å². The van der Waals surface area contributed by atoms with Crippen molar-refractivity contribution in [3.63, 3.8) is 0 Å². The molecule has 0 atom stereocenters. The summed E-state index contributed by atoms with van der Waals surface area (Å²) in [5.41, 5.74) is 1.78. The zero-order valence-electron chi connectivity index (χ0n) is 30.4. The van der Waals surface area contributed by atoms with Crippen LogP contribution < -0.4 is 23.7 Å². The predicted octanol–water partition coefficient (Wildman–Crippen LogP) is 9.46. The maximum atomic E-state index is 12.9. The molecular weight excluding hydrogens is 718 g/mol. The number of alkyl halides is 6. The number of hydrogen-bond acceptors (Lipinski definition) is 8. The third-order valence-electron chi connectivity index (χ3n) is 7.56. The molecule has 0 unspecified atom stereocenters. The number of rotatable bonds is 7. The highest BCUT2D eigenvalue weighted by Gasteiger charge is 2.35. The van der Waals surface area contributed by atoms with Crippen LogP contribution in [-0.4, -0.2) is 65.9 Å². The Morgan fingerprint density at radius 2 is 1.04 bits per heavy atom. The van der Waals surface area contributed by atoms with Gasteiger partial charge >= 0.3 is 12.5 Å². The standard InChI is InChI=1S/C13H15F3O2.C13H18O4S.C9H9F3O2.C2H6/c1-9-2-3-12(11(8-9)13(14,15)16)18-10-4-6-17-7-5-10;1-10-3-4-12(13(9-10)16-2)17-11-5-7-18(14,15)8-6-11;1-6-3-4-7(8(5-6)13-2)14-9(10,11)12;1-2/h2-3,8,10H,4-7H2,1H3;3-4,9,11H,5-8H2,1-2H3;3-5H,1-2H3;1-2H3. The summed E-state index contributed by atoms with van der Waals surface area (Å²) in [6, 6.07) is 14.1. The molecule has 0 aliphatic carbocycles. The molecule has 0 N–H and O–H groups in total. The van der Waals surface area contributed by atoms with E-state index in [-0.39, 0.29) is 41.0 Å². The van der Waals surface area contributed by atoms with Gasteiger partial charge in [0.15, 0.2) is 32.8 Å². The van der Waals surface area contributed by atoms with Crippen LogP contribution >= 0.6 is 0 Å². The topological polar surface area (TPSA) is 89.5 Å². The lowest BCUT2D eigenvalue weighted by Crippen LogP contribution is -2.30. The molecule has 0 bridgehead atoms. The first kappa shape index (κ1) is 44.3. The van der Waals surface area contributed by atoms with Gasteiger partial charge in [0, 0.05) is 12.8 Å². The third kappa shape index (κ3) is 15.4. The molecule has 2 saturated heterocycles. The monoisotopic (exact) mass is 766 g/mol. The van der Waals surface area contributed by atoms with Crippen LogP contribution in [0.3, 0.4) is 0 Å². The van der Waals surface area contributed by atoms with Crippen molar-refractivity contribution in [2.45, 2.75) is 85.0 Å². The first-order chi connectivity index (χ1) is 24.4. The average molecular weight is 767 g/mol. The molecule has 3 aromatic rings. The SMILES string of the molecule is CC.COc1cc(C)ccc1OC(F)(F)F.COc1cc(C)ccc1OC1CCS(=O)(=O)CC1.Cc1ccc(OC2CCOCC2)c(C(F)(F)F)c1. The number of ether oxygens (including phenoxy) is 6. The molecule has 0 saturated carbocycles. The van der Waals surface area contributed by atoms with E-state index in [4.69, 9.17) is 23.7 Å². The van der Waals surface area contributed by atoms with Gasteiger partial charge in [0.25, 0.3) is 0 Å². The molecule has 52 heavy (non-hydrogen) atoms. The second-order valence-corrected chi connectivity index (χ2v) is 14.1. The normalized spacial score (nSPS) is 16.0. The predicted molar refractivity (Wildman–Crippen MR) is 186 cm³/mol. The highest BCUT2D eigenvalue weighted by atomic mass is 32.2. The van der Waals surface area contributed by atoms with E-state index in [0.29, 0.717) is 56.0 Å². The van der Waals surface area contributed by atoms with E-state index < -0.39 is 27.9 Å². The van der Waals surface area contributed by atoms with E-state index in [1.807, 2.05) is 39.0 Å². The van der Waals surface area contributed by atoms with Crippen LogP contribution in [0.5, 0.6) is 28.7 Å². The molecule has 5 rings (SSSR count). The summed E-state index contributed by atoms with van der Waals surface area (Å²) in [5.74, 6) is 1.47. The number of sulfone groups is 1. The van der Waals surface area contributed by atoms with Crippen LogP contribution in [0.15, 0.2) is 54.6 Å². The van der Waals surface area contributed by atoms with Crippen molar-refractivity contribution < 1.29 is 63.2 Å². The summed E-state index contributed by atoms with van der Waals surface area (Å²) in [4.78, 5) is 0. The van der Waals surface area contributed by atoms with Crippen LogP contribution in [0.1, 0.15) is 61.8 Å². The lowest BCUT2D eigenvalue weighted by atomic mass is 10.1. The zero-order valence-corrected chi connectivity index (χ0v) is 31.3. The number of benzene rings is 3. The molecule has 0 radical (unpaired) electrons. The fourth-order valence-electron chi connectivity index (χ4n) is 4.96. The minimum absolute atomic E-state index is 0.0369. The first-order valence-electron chi connectivity index (χ1n) is 16.7. The van der Waals surface area contributed by atoms with Gasteiger partial charge in [-0.3, -0.25) is 0 Å². The molecule has 2 fully saturated rings. The third-order valence-corrected chi connectivity index (χ3v) is 9.28. The van der Waals surface area contributed by atoms with Gasteiger partial charge in [-0.2, -0.15) is 13.2 Å². The van der Waals surface area contributed by atoms with Crippen LogP contribution in [0.25, 0.3) is 0 Å². The Morgan fingerprint density at radius 3 is 1.52 bits per heavy atom. The van der Waals surface area contributed by atoms with Crippen LogP contribution in [0.4, 0.5) is 26.3 Å². The molecular formula is C37H48F6O8S. The molecule has 0 amide bonds. The van der Waals surface area contributed by atoms with E-state index in [1.54, 1.807) is 27.0 Å². The molecule has 15 heteroatoms. The van der Waals surface area contributed by atoms with E-state index in [0.717, 1.165) is 17.2 Å². The molecule has 8 nitrogen and oxygen atoms in total. The minimum atomic E-state index is -4.69. The van der Waals surface area contributed by atoms with Gasteiger partial charge in [0.1, 0.15) is 18.0 Å². The minimum Gasteiger partial charge on any atom is -0.493 e. The second kappa shape index (κ2) is 20.4. The van der Waals surface area contributed by atoms with Gasteiger partial charge in [-0.15, -0.1) is 13.2 Å². The lowest BCUT2D eigenvalue weighted by molar-refractivity contribution is -0.275. The Bertz CT molecular complexity index is 1620. The fraction of sp³-hybridized carbons (Fsp3) is 0.514. The van der Waals surface area contributed by atoms with Gasteiger partial charge < -0.3 is 28.4 Å². The average Bonchev–Trinajstić information content (AvgIpc) is 3.09. The largest absolute Gasteiger partial charge is 0.573 e. The zero-order chi connectivity index (χ0) is 39.1. The van der Waals surface area contributed by atoms with E-state index in [9.17, 15) is 34.8 Å². The van der Waals surface area contributed by atoms with E-state index >= 15 is 0 Å². The Morgan fingerprint density at radius 1 is 0.615 bits per heavy atom. The van der Waals surface area contributed by atoms with Gasteiger partial charge in [-0.05, 0) is 81.1 Å². The smallest absolute Gasteiger partial charge is 0.493 e. The molecule has 292 valence electrons. The number of halogens is 6. The molecule has 0 aromatic heterocycles. The maximum absolute atomic E-state index is 12.9. The number of methoxy groups -OCH3 is 2. The van der Waals surface area contributed by atoms with Crippen molar-refractivity contribution in [3.8, 4) is 28.7 Å². The summed E-state index contributed by atoms with van der Waals surface area (Å²) in [5, 5.41) is 0. The summed E-state index contributed by atoms with van der Waals surface area (Å²) in [6.45, 7) is 10.4. The van der Waals surface area contributed by atoms with Gasteiger partial charge in [-0.25, -0.2) is 8.42 Å². The Kier molecular flexibility index (Phi) is 17.4. The molecule has 2 aliphatic heterocycles. The first-order valence-corrected chi connectivity index (χ1v) is 18.6. The van der Waals surface area contributed by atoms with Crippen molar-refractivity contribution in [1.29, 1.82) is 0 Å².